The maximum Gasteiger partial charge on any atom is 0.573 e. The van der Waals surface area contributed by atoms with E-state index in [4.69, 9.17) is 14.2 Å². The normalized spacial score (nSPS) is 12.0. The number of aryl methyl sites for hydroxylation is 1. The van der Waals surface area contributed by atoms with Gasteiger partial charge in [-0.1, -0.05) is 48.6 Å². The molecule has 0 aliphatic rings. The second-order valence-corrected chi connectivity index (χ2v) is 10.4. The Morgan fingerprint density at radius 2 is 1.33 bits per heavy atom. The van der Waals surface area contributed by atoms with Gasteiger partial charge in [0.1, 0.15) is 23.9 Å². The van der Waals surface area contributed by atoms with Gasteiger partial charge in [0.2, 0.25) is 0 Å². The number of hydrogen-bond donors (Lipinski definition) is 0. The molecule has 4 aromatic rings. The van der Waals surface area contributed by atoms with Gasteiger partial charge in [-0.3, -0.25) is 0 Å². The molecule has 0 amide bonds. The maximum atomic E-state index is 14.3. The molecule has 0 bridgehead atoms. The van der Waals surface area contributed by atoms with E-state index in [2.05, 4.69) is 4.74 Å². The predicted molar refractivity (Wildman–Crippen MR) is 164 cm³/mol. The molecule has 4 aromatic carbocycles. The highest BCUT2D eigenvalue weighted by Gasteiger charge is 2.31. The standard InChI is InChI=1S/C36H32F4O6/c1-43-34(41)28-12-5-24(6-13-28)3-4-25(21-26-7-14-29(15-8-26)35(42)44-2)9-16-30-22-31(37)17-20-33(30)45-23-27-10-18-32(19-11-27)46-36(38,39)40/h5-20,22,25H,3-4,21,23H2,1-2H3/b16-9+. The van der Waals surface area contributed by atoms with E-state index in [1.54, 1.807) is 30.3 Å². The summed E-state index contributed by atoms with van der Waals surface area (Å²) in [4.78, 5) is 23.7. The molecule has 0 aliphatic heterocycles. The van der Waals surface area contributed by atoms with Gasteiger partial charge in [-0.15, -0.1) is 13.2 Å². The number of esters is 2. The first-order valence-electron chi connectivity index (χ1n) is 14.3. The lowest BCUT2D eigenvalue weighted by Gasteiger charge is -2.15. The number of ether oxygens (including phenoxy) is 4. The van der Waals surface area contributed by atoms with Crippen molar-refractivity contribution in [2.75, 3.05) is 14.2 Å². The number of allylic oxidation sites excluding steroid dienone is 1. The van der Waals surface area contributed by atoms with Gasteiger partial charge in [-0.2, -0.15) is 0 Å². The summed E-state index contributed by atoms with van der Waals surface area (Å²) in [6.07, 6.45) is 0.999. The van der Waals surface area contributed by atoms with E-state index < -0.39 is 24.1 Å². The molecule has 4 rings (SSSR count). The molecule has 10 heteroatoms. The van der Waals surface area contributed by atoms with Crippen LogP contribution in [0.25, 0.3) is 6.08 Å². The predicted octanol–water partition coefficient (Wildman–Crippen LogP) is 8.38. The summed E-state index contributed by atoms with van der Waals surface area (Å²) in [6.45, 7) is 0.0380. The molecule has 0 aromatic heterocycles. The van der Waals surface area contributed by atoms with E-state index in [0.29, 0.717) is 47.3 Å². The number of carbonyl (C=O) groups is 2. The molecule has 0 N–H and O–H groups in total. The van der Waals surface area contributed by atoms with Crippen LogP contribution in [0.15, 0.2) is 97.1 Å². The molecule has 6 nitrogen and oxygen atoms in total. The molecule has 0 saturated carbocycles. The highest BCUT2D eigenvalue weighted by atomic mass is 19.4. The molecule has 0 saturated heterocycles. The van der Waals surface area contributed by atoms with Crippen LogP contribution in [0.2, 0.25) is 0 Å². The molecule has 0 aliphatic carbocycles. The molecule has 0 fully saturated rings. The van der Waals surface area contributed by atoms with Crippen LogP contribution in [0.4, 0.5) is 17.6 Å². The van der Waals surface area contributed by atoms with Crippen molar-refractivity contribution in [3.8, 4) is 11.5 Å². The van der Waals surface area contributed by atoms with Gasteiger partial charge < -0.3 is 18.9 Å². The fourth-order valence-electron chi connectivity index (χ4n) is 4.71. The van der Waals surface area contributed by atoms with E-state index in [0.717, 1.165) is 11.1 Å². The average molecular weight is 637 g/mol. The van der Waals surface area contributed by atoms with Crippen LogP contribution in [0.1, 0.15) is 49.4 Å². The Morgan fingerprint density at radius 3 is 1.89 bits per heavy atom. The Hall–Kier alpha value is -5.12. The average Bonchev–Trinajstić information content (AvgIpc) is 3.05. The summed E-state index contributed by atoms with van der Waals surface area (Å²) in [6, 6.07) is 23.7. The lowest BCUT2D eigenvalue weighted by Crippen LogP contribution is -2.17. The van der Waals surface area contributed by atoms with E-state index in [1.807, 2.05) is 30.3 Å². The zero-order chi connectivity index (χ0) is 33.1. The number of rotatable bonds is 13. The fraction of sp³-hybridized carbons (Fsp3) is 0.222. The smallest absolute Gasteiger partial charge is 0.488 e. The molecule has 1 unspecified atom stereocenters. The second-order valence-electron chi connectivity index (χ2n) is 10.4. The minimum atomic E-state index is -4.78. The molecule has 1 atom stereocenters. The third-order valence-electron chi connectivity index (χ3n) is 7.12. The van der Waals surface area contributed by atoms with Gasteiger partial charge in [-0.05, 0) is 96.5 Å². The van der Waals surface area contributed by atoms with Gasteiger partial charge >= 0.3 is 18.3 Å². The van der Waals surface area contributed by atoms with Crippen LogP contribution in [-0.4, -0.2) is 32.5 Å². The minimum absolute atomic E-state index is 0.0124. The fourth-order valence-corrected chi connectivity index (χ4v) is 4.71. The first-order chi connectivity index (χ1) is 22.0. The third-order valence-corrected chi connectivity index (χ3v) is 7.12. The number of alkyl halides is 3. The summed E-state index contributed by atoms with van der Waals surface area (Å²) < 4.78 is 71.1. The summed E-state index contributed by atoms with van der Waals surface area (Å²) >= 11 is 0. The summed E-state index contributed by atoms with van der Waals surface area (Å²) in [7, 11) is 2.65. The van der Waals surface area contributed by atoms with Crippen LogP contribution in [-0.2, 0) is 28.9 Å². The van der Waals surface area contributed by atoms with Crippen LogP contribution < -0.4 is 9.47 Å². The Morgan fingerprint density at radius 1 is 0.761 bits per heavy atom. The third kappa shape index (κ3) is 10.2. The number of halogens is 4. The molecule has 0 radical (unpaired) electrons. The van der Waals surface area contributed by atoms with Crippen LogP contribution >= 0.6 is 0 Å². The van der Waals surface area contributed by atoms with Crippen molar-refractivity contribution in [2.24, 2.45) is 5.92 Å². The van der Waals surface area contributed by atoms with Crippen molar-refractivity contribution in [1.82, 2.24) is 0 Å². The van der Waals surface area contributed by atoms with Crippen molar-refractivity contribution in [2.45, 2.75) is 32.2 Å². The first-order valence-corrected chi connectivity index (χ1v) is 14.3. The molecule has 46 heavy (non-hydrogen) atoms. The maximum absolute atomic E-state index is 14.3. The van der Waals surface area contributed by atoms with E-state index >= 15 is 0 Å². The number of hydrogen-bond acceptors (Lipinski definition) is 6. The zero-order valence-electron chi connectivity index (χ0n) is 25.2. The first kappa shape index (κ1) is 33.8. The summed E-state index contributed by atoms with van der Waals surface area (Å²) in [5, 5.41) is 0. The second kappa shape index (κ2) is 15.7. The largest absolute Gasteiger partial charge is 0.573 e. The molecule has 0 heterocycles. The van der Waals surface area contributed by atoms with Gasteiger partial charge in [0.05, 0.1) is 25.3 Å². The molecule has 240 valence electrons. The lowest BCUT2D eigenvalue weighted by atomic mass is 9.91. The Bertz CT molecular complexity index is 1630. The SMILES string of the molecule is COC(=O)c1ccc(CCC(/C=C/c2cc(F)ccc2OCc2ccc(OC(F)(F)F)cc2)Cc2ccc(C(=O)OC)cc2)cc1. The van der Waals surface area contributed by atoms with Gasteiger partial charge in [0.15, 0.2) is 0 Å². The monoisotopic (exact) mass is 636 g/mol. The minimum Gasteiger partial charge on any atom is -0.488 e. The molecular weight excluding hydrogens is 604 g/mol. The van der Waals surface area contributed by atoms with Gasteiger partial charge in [0.25, 0.3) is 0 Å². The number of carbonyl (C=O) groups excluding carboxylic acids is 2. The van der Waals surface area contributed by atoms with Crippen molar-refractivity contribution >= 4 is 18.0 Å². The lowest BCUT2D eigenvalue weighted by molar-refractivity contribution is -0.274. The van der Waals surface area contributed by atoms with Crippen LogP contribution in [0.5, 0.6) is 11.5 Å². The van der Waals surface area contributed by atoms with Crippen molar-refractivity contribution in [1.29, 1.82) is 0 Å². The zero-order valence-corrected chi connectivity index (χ0v) is 25.2. The quantitative estimate of drug-likeness (QED) is 0.109. The van der Waals surface area contributed by atoms with E-state index in [-0.39, 0.29) is 18.3 Å². The van der Waals surface area contributed by atoms with Gasteiger partial charge in [-0.25, -0.2) is 14.0 Å². The van der Waals surface area contributed by atoms with Crippen molar-refractivity contribution in [3.63, 3.8) is 0 Å². The number of methoxy groups -OCH3 is 2. The van der Waals surface area contributed by atoms with Gasteiger partial charge in [0, 0.05) is 5.56 Å². The molecular formula is C36H32F4O6. The summed E-state index contributed by atoms with van der Waals surface area (Å²) in [5.74, 6) is -1.26. The Balaban J connectivity index is 1.51. The summed E-state index contributed by atoms with van der Waals surface area (Å²) in [5.41, 5.74) is 3.99. The highest BCUT2D eigenvalue weighted by Crippen LogP contribution is 2.27. The Labute approximate surface area is 264 Å². The Kier molecular flexibility index (Phi) is 11.6. The van der Waals surface area contributed by atoms with Crippen molar-refractivity contribution < 1.29 is 46.1 Å². The van der Waals surface area contributed by atoms with Crippen molar-refractivity contribution in [3.05, 3.63) is 136 Å². The van der Waals surface area contributed by atoms with Crippen LogP contribution in [0, 0.1) is 11.7 Å². The van der Waals surface area contributed by atoms with E-state index in [1.165, 1.54) is 56.7 Å². The van der Waals surface area contributed by atoms with E-state index in [9.17, 15) is 27.2 Å². The number of benzene rings is 4. The van der Waals surface area contributed by atoms with Crippen LogP contribution in [0.3, 0.4) is 0 Å². The molecule has 0 spiro atoms. The highest BCUT2D eigenvalue weighted by molar-refractivity contribution is 5.89. The topological polar surface area (TPSA) is 71.1 Å².